The molecule has 0 spiro atoms. The first-order valence-corrected chi connectivity index (χ1v) is 7.59. The molecule has 1 N–H and O–H groups in total. The van der Waals surface area contributed by atoms with Gasteiger partial charge in [0.2, 0.25) is 0 Å². The summed E-state index contributed by atoms with van der Waals surface area (Å²) in [4.78, 5) is 9.60. The maximum Gasteiger partial charge on any atom is 0.193 e. The lowest BCUT2D eigenvalue weighted by atomic mass is 10.1. The lowest BCUT2D eigenvalue weighted by Gasteiger charge is -2.32. The van der Waals surface area contributed by atoms with E-state index in [9.17, 15) is 0 Å². The maximum atomic E-state index is 4.44. The van der Waals surface area contributed by atoms with Crippen molar-refractivity contribution < 1.29 is 0 Å². The number of nitrogens with one attached hydrogen (secondary N) is 1. The van der Waals surface area contributed by atoms with Gasteiger partial charge < -0.3 is 10.2 Å². The highest BCUT2D eigenvalue weighted by atomic mass is 127. The molecule has 0 aromatic carbocycles. The molecule has 0 bridgehead atoms. The third-order valence-electron chi connectivity index (χ3n) is 4.49. The van der Waals surface area contributed by atoms with Crippen LogP contribution in [0.4, 0.5) is 0 Å². The third kappa shape index (κ3) is 3.97. The van der Waals surface area contributed by atoms with E-state index in [0.29, 0.717) is 6.04 Å². The first-order chi connectivity index (χ1) is 8.86. The molecule has 4 nitrogen and oxygen atoms in total. The third-order valence-corrected chi connectivity index (χ3v) is 4.49. The Hall–Kier alpha value is -0.0400. The average Bonchev–Trinajstić information content (AvgIpc) is 3.11. The van der Waals surface area contributed by atoms with Crippen molar-refractivity contribution >= 4 is 29.9 Å². The van der Waals surface area contributed by atoms with Crippen LogP contribution in [0.25, 0.3) is 0 Å². The van der Waals surface area contributed by atoms with Gasteiger partial charge in [0.1, 0.15) is 0 Å². The molecular weight excluding hydrogens is 351 g/mol. The van der Waals surface area contributed by atoms with Gasteiger partial charge in [-0.2, -0.15) is 0 Å². The molecule has 2 heterocycles. The Labute approximate surface area is 134 Å². The van der Waals surface area contributed by atoms with E-state index in [-0.39, 0.29) is 24.0 Å². The maximum absolute atomic E-state index is 4.44. The van der Waals surface area contributed by atoms with Gasteiger partial charge >= 0.3 is 0 Å². The lowest BCUT2D eigenvalue weighted by molar-refractivity contribution is 0.168. The Morgan fingerprint density at radius 2 is 1.79 bits per heavy atom. The molecule has 19 heavy (non-hydrogen) atoms. The predicted octanol–water partition coefficient (Wildman–Crippen LogP) is 1.90. The Morgan fingerprint density at radius 1 is 1.05 bits per heavy atom. The van der Waals surface area contributed by atoms with E-state index in [2.05, 4.69) is 20.1 Å². The summed E-state index contributed by atoms with van der Waals surface area (Å²) >= 11 is 0. The molecule has 0 aromatic heterocycles. The van der Waals surface area contributed by atoms with Crippen molar-refractivity contribution in [2.45, 2.75) is 50.6 Å². The number of hydrogen-bond acceptors (Lipinski definition) is 2. The topological polar surface area (TPSA) is 30.9 Å². The van der Waals surface area contributed by atoms with Crippen molar-refractivity contribution in [2.75, 3.05) is 33.2 Å². The SMILES string of the molecule is CN=C(NC1CC1)N1CCC(N2CCCCC2)C1.I. The fourth-order valence-electron chi connectivity index (χ4n) is 3.22. The molecule has 3 aliphatic rings. The fraction of sp³-hybridized carbons (Fsp3) is 0.929. The van der Waals surface area contributed by atoms with Gasteiger partial charge in [0.15, 0.2) is 5.96 Å². The number of halogens is 1. The molecule has 2 saturated heterocycles. The molecule has 0 radical (unpaired) electrons. The van der Waals surface area contributed by atoms with Crippen molar-refractivity contribution in [3.05, 3.63) is 0 Å². The zero-order valence-corrected chi connectivity index (χ0v) is 14.3. The predicted molar refractivity (Wildman–Crippen MR) is 90.3 cm³/mol. The first-order valence-electron chi connectivity index (χ1n) is 7.59. The Bertz CT molecular complexity index is 311. The molecule has 1 saturated carbocycles. The zero-order valence-electron chi connectivity index (χ0n) is 12.0. The normalized spacial score (nSPS) is 29.2. The van der Waals surface area contributed by atoms with Crippen LogP contribution < -0.4 is 5.32 Å². The van der Waals surface area contributed by atoms with Crippen LogP contribution in [0, 0.1) is 0 Å². The summed E-state index contributed by atoms with van der Waals surface area (Å²) in [6.07, 6.45) is 8.17. The number of hydrogen-bond donors (Lipinski definition) is 1. The van der Waals surface area contributed by atoms with Crippen molar-refractivity contribution in [3.8, 4) is 0 Å². The second kappa shape index (κ2) is 7.11. The molecule has 3 fully saturated rings. The molecule has 3 rings (SSSR count). The fourth-order valence-corrected chi connectivity index (χ4v) is 3.22. The van der Waals surface area contributed by atoms with E-state index in [0.717, 1.165) is 12.0 Å². The minimum absolute atomic E-state index is 0. The summed E-state index contributed by atoms with van der Waals surface area (Å²) in [5.74, 6) is 1.14. The van der Waals surface area contributed by atoms with E-state index in [1.807, 2.05) is 7.05 Å². The largest absolute Gasteiger partial charge is 0.354 e. The minimum Gasteiger partial charge on any atom is -0.354 e. The number of piperidine rings is 1. The summed E-state index contributed by atoms with van der Waals surface area (Å²) in [6, 6.07) is 1.47. The molecule has 0 aromatic rings. The second-order valence-electron chi connectivity index (χ2n) is 5.95. The molecular formula is C14H27IN4. The van der Waals surface area contributed by atoms with Gasteiger partial charge in [0.25, 0.3) is 0 Å². The number of guanidine groups is 1. The van der Waals surface area contributed by atoms with E-state index in [4.69, 9.17) is 0 Å². The molecule has 1 aliphatic carbocycles. The van der Waals surface area contributed by atoms with Gasteiger partial charge in [-0.1, -0.05) is 6.42 Å². The van der Waals surface area contributed by atoms with Crippen LogP contribution in [0.2, 0.25) is 0 Å². The monoisotopic (exact) mass is 378 g/mol. The van der Waals surface area contributed by atoms with Crippen molar-refractivity contribution in [1.29, 1.82) is 0 Å². The molecule has 110 valence electrons. The number of likely N-dealkylation sites (tertiary alicyclic amines) is 2. The Kier molecular flexibility index (Phi) is 5.74. The number of rotatable bonds is 2. The van der Waals surface area contributed by atoms with Crippen LogP contribution in [-0.4, -0.2) is 61.1 Å². The van der Waals surface area contributed by atoms with Gasteiger partial charge in [-0.25, -0.2) is 0 Å². The molecule has 5 heteroatoms. The quantitative estimate of drug-likeness (QED) is 0.453. The minimum atomic E-state index is 0. The van der Waals surface area contributed by atoms with Crippen LogP contribution in [0.15, 0.2) is 4.99 Å². The van der Waals surface area contributed by atoms with Crippen LogP contribution in [0.5, 0.6) is 0 Å². The van der Waals surface area contributed by atoms with Crippen LogP contribution >= 0.6 is 24.0 Å². The summed E-state index contributed by atoms with van der Waals surface area (Å²) in [7, 11) is 1.92. The molecule has 1 unspecified atom stereocenters. The van der Waals surface area contributed by atoms with Crippen LogP contribution in [0.1, 0.15) is 38.5 Å². The molecule has 2 aliphatic heterocycles. The first kappa shape index (κ1) is 15.4. The van der Waals surface area contributed by atoms with Gasteiger partial charge in [0, 0.05) is 32.2 Å². The van der Waals surface area contributed by atoms with E-state index >= 15 is 0 Å². The summed E-state index contributed by atoms with van der Waals surface area (Å²) in [6.45, 7) is 4.97. The van der Waals surface area contributed by atoms with Crippen LogP contribution in [-0.2, 0) is 0 Å². The standard InChI is InChI=1S/C14H26N4.HI/c1-15-14(16-12-5-6-12)18-10-7-13(11-18)17-8-3-2-4-9-17;/h12-13H,2-11H2,1H3,(H,15,16);1H. The van der Waals surface area contributed by atoms with Crippen molar-refractivity contribution in [1.82, 2.24) is 15.1 Å². The van der Waals surface area contributed by atoms with E-state index in [1.54, 1.807) is 0 Å². The highest BCUT2D eigenvalue weighted by Crippen LogP contribution is 2.22. The van der Waals surface area contributed by atoms with Crippen molar-refractivity contribution in [2.24, 2.45) is 4.99 Å². The summed E-state index contributed by atoms with van der Waals surface area (Å²) < 4.78 is 0. The second-order valence-corrected chi connectivity index (χ2v) is 5.95. The number of aliphatic imine (C=N–C) groups is 1. The van der Waals surface area contributed by atoms with E-state index in [1.165, 1.54) is 64.7 Å². The average molecular weight is 378 g/mol. The van der Waals surface area contributed by atoms with Gasteiger partial charge in [-0.15, -0.1) is 24.0 Å². The van der Waals surface area contributed by atoms with E-state index < -0.39 is 0 Å². The van der Waals surface area contributed by atoms with Gasteiger partial charge in [-0.3, -0.25) is 9.89 Å². The van der Waals surface area contributed by atoms with Crippen molar-refractivity contribution in [3.63, 3.8) is 0 Å². The Morgan fingerprint density at radius 3 is 2.42 bits per heavy atom. The molecule has 1 atom stereocenters. The number of nitrogens with zero attached hydrogens (tertiary/aromatic N) is 3. The highest BCUT2D eigenvalue weighted by Gasteiger charge is 2.32. The Balaban J connectivity index is 0.00000133. The summed E-state index contributed by atoms with van der Waals surface area (Å²) in [5, 5.41) is 3.56. The summed E-state index contributed by atoms with van der Waals surface area (Å²) in [5.41, 5.74) is 0. The molecule has 0 amide bonds. The lowest BCUT2D eigenvalue weighted by Crippen LogP contribution is -2.45. The highest BCUT2D eigenvalue weighted by molar-refractivity contribution is 14.0. The van der Waals surface area contributed by atoms with Gasteiger partial charge in [0.05, 0.1) is 0 Å². The van der Waals surface area contributed by atoms with Gasteiger partial charge in [-0.05, 0) is 45.2 Å². The zero-order chi connectivity index (χ0) is 12.4. The van der Waals surface area contributed by atoms with Crippen LogP contribution in [0.3, 0.4) is 0 Å². The smallest absolute Gasteiger partial charge is 0.193 e.